The first-order valence-electron chi connectivity index (χ1n) is 9.84. The number of hydrogen-bond donors (Lipinski definition) is 1. The van der Waals surface area contributed by atoms with E-state index in [1.807, 2.05) is 26.0 Å². The van der Waals surface area contributed by atoms with Crippen LogP contribution in [0, 0.1) is 5.92 Å². The van der Waals surface area contributed by atoms with Crippen LogP contribution in [0.1, 0.15) is 60.9 Å². The molecular weight excluding hydrogens is 382 g/mol. The molecule has 1 amide bonds. The highest BCUT2D eigenvalue weighted by Gasteiger charge is 2.27. The lowest BCUT2D eigenvalue weighted by molar-refractivity contribution is -0.137. The zero-order valence-electron chi connectivity index (χ0n) is 18.3. The molecule has 0 saturated heterocycles. The van der Waals surface area contributed by atoms with Gasteiger partial charge in [0, 0.05) is 5.56 Å². The highest BCUT2D eigenvalue weighted by atomic mass is 16.5. The fourth-order valence-corrected chi connectivity index (χ4v) is 2.80. The van der Waals surface area contributed by atoms with Crippen LogP contribution in [0.3, 0.4) is 0 Å². The lowest BCUT2D eigenvalue weighted by Crippen LogP contribution is -2.46. The lowest BCUT2D eigenvalue weighted by atomic mass is 9.86. The molecule has 0 aliphatic heterocycles. The number of carbonyl (C=O) groups is 3. The Hall–Kier alpha value is -3.15. The van der Waals surface area contributed by atoms with Crippen molar-refractivity contribution in [2.24, 2.45) is 5.92 Å². The fourth-order valence-electron chi connectivity index (χ4n) is 2.80. The molecule has 0 unspecified atom stereocenters. The molecule has 0 heterocycles. The van der Waals surface area contributed by atoms with Gasteiger partial charge in [-0.05, 0) is 53.3 Å². The Bertz CT molecular complexity index is 893. The SMILES string of the molecule is COC(=O)c1ccc(OC(=O)[C@@H](NC(=O)c2ccc(C(C)(C)C)cc2)C(C)C)cc1. The third-order valence-corrected chi connectivity index (χ3v) is 4.71. The van der Waals surface area contributed by atoms with Crippen molar-refractivity contribution in [3.8, 4) is 5.75 Å². The molecule has 2 aromatic carbocycles. The monoisotopic (exact) mass is 411 g/mol. The van der Waals surface area contributed by atoms with Crippen LogP contribution < -0.4 is 10.1 Å². The Morgan fingerprint density at radius 2 is 1.40 bits per heavy atom. The number of benzene rings is 2. The number of rotatable bonds is 6. The summed E-state index contributed by atoms with van der Waals surface area (Å²) in [5.41, 5.74) is 1.94. The van der Waals surface area contributed by atoms with Gasteiger partial charge in [-0.3, -0.25) is 4.79 Å². The van der Waals surface area contributed by atoms with Crippen LogP contribution in [0.2, 0.25) is 0 Å². The lowest BCUT2D eigenvalue weighted by Gasteiger charge is -2.22. The molecule has 1 atom stereocenters. The molecule has 2 aromatic rings. The Kier molecular flexibility index (Phi) is 7.38. The fraction of sp³-hybridized carbons (Fsp3) is 0.375. The Morgan fingerprint density at radius 3 is 1.87 bits per heavy atom. The Labute approximate surface area is 177 Å². The van der Waals surface area contributed by atoms with Gasteiger partial charge in [0.05, 0.1) is 12.7 Å². The van der Waals surface area contributed by atoms with Crippen LogP contribution in [-0.2, 0) is 14.9 Å². The molecule has 1 N–H and O–H groups in total. The van der Waals surface area contributed by atoms with Crippen molar-refractivity contribution in [3.63, 3.8) is 0 Å². The molecule has 0 aromatic heterocycles. The summed E-state index contributed by atoms with van der Waals surface area (Å²) in [7, 11) is 1.29. The van der Waals surface area contributed by atoms with Crippen molar-refractivity contribution < 1.29 is 23.9 Å². The van der Waals surface area contributed by atoms with Crippen molar-refractivity contribution in [2.75, 3.05) is 7.11 Å². The van der Waals surface area contributed by atoms with E-state index in [9.17, 15) is 14.4 Å². The third kappa shape index (κ3) is 5.92. The number of carbonyl (C=O) groups excluding carboxylic acids is 3. The average molecular weight is 411 g/mol. The Balaban J connectivity index is 2.08. The van der Waals surface area contributed by atoms with E-state index >= 15 is 0 Å². The topological polar surface area (TPSA) is 81.7 Å². The summed E-state index contributed by atoms with van der Waals surface area (Å²) >= 11 is 0. The summed E-state index contributed by atoms with van der Waals surface area (Å²) < 4.78 is 10.0. The van der Waals surface area contributed by atoms with Gasteiger partial charge in [0.15, 0.2) is 0 Å². The number of nitrogens with one attached hydrogen (secondary N) is 1. The first kappa shape index (κ1) is 23.1. The first-order valence-corrected chi connectivity index (χ1v) is 9.84. The molecule has 0 aliphatic rings. The minimum atomic E-state index is -0.819. The molecule has 0 fully saturated rings. The molecule has 6 nitrogen and oxygen atoms in total. The van der Waals surface area contributed by atoms with Crippen LogP contribution >= 0.6 is 0 Å². The zero-order chi connectivity index (χ0) is 22.5. The second-order valence-corrected chi connectivity index (χ2v) is 8.46. The van der Waals surface area contributed by atoms with E-state index in [2.05, 4.69) is 30.8 Å². The molecule has 6 heteroatoms. The van der Waals surface area contributed by atoms with Crippen LogP contribution in [0.4, 0.5) is 0 Å². The van der Waals surface area contributed by atoms with E-state index < -0.39 is 18.0 Å². The second-order valence-electron chi connectivity index (χ2n) is 8.46. The second kappa shape index (κ2) is 9.57. The normalized spacial score (nSPS) is 12.2. The summed E-state index contributed by atoms with van der Waals surface area (Å²) in [5.74, 6) is -1.29. The minimum Gasteiger partial charge on any atom is -0.465 e. The Morgan fingerprint density at radius 1 is 0.867 bits per heavy atom. The van der Waals surface area contributed by atoms with Gasteiger partial charge < -0.3 is 14.8 Å². The van der Waals surface area contributed by atoms with E-state index in [4.69, 9.17) is 4.74 Å². The number of esters is 2. The van der Waals surface area contributed by atoms with Crippen LogP contribution in [0.15, 0.2) is 48.5 Å². The molecule has 0 radical (unpaired) electrons. The molecule has 30 heavy (non-hydrogen) atoms. The van der Waals surface area contributed by atoms with Gasteiger partial charge in [-0.25, -0.2) is 9.59 Å². The summed E-state index contributed by atoms with van der Waals surface area (Å²) in [5, 5.41) is 2.76. The highest BCUT2D eigenvalue weighted by Crippen LogP contribution is 2.22. The standard InChI is InChI=1S/C24H29NO5/c1-15(2)20(23(28)30-19-13-9-17(10-14-19)22(27)29-6)25-21(26)16-7-11-18(12-8-16)24(3,4)5/h7-15,20H,1-6H3,(H,25,26)/t20-/m0/s1. The summed E-state index contributed by atoms with van der Waals surface area (Å²) in [4.78, 5) is 36.8. The van der Waals surface area contributed by atoms with Gasteiger partial charge in [0.1, 0.15) is 11.8 Å². The largest absolute Gasteiger partial charge is 0.465 e. The van der Waals surface area contributed by atoms with Crippen LogP contribution in [-0.4, -0.2) is 31.0 Å². The molecule has 0 saturated carbocycles. The van der Waals surface area contributed by atoms with Crippen molar-refractivity contribution in [2.45, 2.75) is 46.1 Å². The van der Waals surface area contributed by atoms with Crippen molar-refractivity contribution in [3.05, 3.63) is 65.2 Å². The molecule has 160 valence electrons. The first-order chi connectivity index (χ1) is 14.0. The summed E-state index contributed by atoms with van der Waals surface area (Å²) in [6.07, 6.45) is 0. The quantitative estimate of drug-likeness (QED) is 0.571. The molecular formula is C24H29NO5. The van der Waals surface area contributed by atoms with Gasteiger partial charge >= 0.3 is 11.9 Å². The minimum absolute atomic E-state index is 0.0112. The number of amides is 1. The van der Waals surface area contributed by atoms with Crippen LogP contribution in [0.5, 0.6) is 5.75 Å². The third-order valence-electron chi connectivity index (χ3n) is 4.71. The zero-order valence-corrected chi connectivity index (χ0v) is 18.3. The number of ether oxygens (including phenoxy) is 2. The van der Waals surface area contributed by atoms with Gasteiger partial charge in [-0.15, -0.1) is 0 Å². The predicted octanol–water partition coefficient (Wildman–Crippen LogP) is 4.13. The molecule has 0 spiro atoms. The highest BCUT2D eigenvalue weighted by molar-refractivity contribution is 5.97. The van der Waals surface area contributed by atoms with Gasteiger partial charge in [0.2, 0.25) is 0 Å². The smallest absolute Gasteiger partial charge is 0.337 e. The van der Waals surface area contributed by atoms with E-state index in [-0.39, 0.29) is 23.0 Å². The molecule has 0 aliphatic carbocycles. The predicted molar refractivity (Wildman–Crippen MR) is 115 cm³/mol. The number of methoxy groups -OCH3 is 1. The van der Waals surface area contributed by atoms with Gasteiger partial charge in [-0.1, -0.05) is 46.8 Å². The summed E-state index contributed by atoms with van der Waals surface area (Å²) in [6, 6.07) is 12.6. The van der Waals surface area contributed by atoms with Gasteiger partial charge in [0.25, 0.3) is 5.91 Å². The average Bonchev–Trinajstić information content (AvgIpc) is 2.70. The van der Waals surface area contributed by atoms with Gasteiger partial charge in [-0.2, -0.15) is 0 Å². The van der Waals surface area contributed by atoms with E-state index in [1.165, 1.54) is 31.4 Å². The molecule has 0 bridgehead atoms. The van der Waals surface area contributed by atoms with E-state index in [0.717, 1.165) is 5.56 Å². The number of hydrogen-bond acceptors (Lipinski definition) is 5. The van der Waals surface area contributed by atoms with Crippen molar-refractivity contribution in [1.29, 1.82) is 0 Å². The molecule has 2 rings (SSSR count). The van der Waals surface area contributed by atoms with Crippen molar-refractivity contribution in [1.82, 2.24) is 5.32 Å². The van der Waals surface area contributed by atoms with E-state index in [0.29, 0.717) is 11.1 Å². The maximum absolute atomic E-state index is 12.7. The maximum Gasteiger partial charge on any atom is 0.337 e. The summed E-state index contributed by atoms with van der Waals surface area (Å²) in [6.45, 7) is 9.96. The van der Waals surface area contributed by atoms with E-state index in [1.54, 1.807) is 12.1 Å². The van der Waals surface area contributed by atoms with Crippen molar-refractivity contribution >= 4 is 17.8 Å². The van der Waals surface area contributed by atoms with Crippen LogP contribution in [0.25, 0.3) is 0 Å². The maximum atomic E-state index is 12.7.